The number of nitrogens with zero attached hydrogens (tertiary/aromatic N) is 6. The molecule has 0 amide bonds. The quantitative estimate of drug-likeness (QED) is 0.0766. The van der Waals surface area contributed by atoms with Crippen LogP contribution in [0.1, 0.15) is 70.8 Å². The molecule has 0 saturated heterocycles. The Bertz CT molecular complexity index is 2940. The lowest BCUT2D eigenvalue weighted by atomic mass is 9.83. The van der Waals surface area contributed by atoms with Crippen LogP contribution in [-0.2, 0) is 58.5 Å². The van der Waals surface area contributed by atoms with E-state index in [-0.39, 0.29) is 0 Å². The second-order valence-electron chi connectivity index (χ2n) is 18.9. The zero-order valence-electron chi connectivity index (χ0n) is 42.1. The SMILES string of the molecule is CCc1c(C[n+]2ccc(-c3cc[n+](Cc4ccccc4)cc3)cc2)c(CC)c(C[n+]2ccc(-c3cc[n+](Cc4ccccc4)cc3)cc2)c(CC)c1C[n+]1ccc(-c2cc[n+](Cc3ccccc3)cc2)cc1. The van der Waals surface area contributed by atoms with Gasteiger partial charge in [-0.1, -0.05) is 112 Å². The Morgan fingerprint density at radius 2 is 0.389 bits per heavy atom. The standard InChI is InChI=1S/C66H66N6/c1-4-61-64(49-70-40-28-58(29-41-70)55-22-34-67(35-23-55)46-52-16-10-7-11-17-52)62(5-2)66(51-72-44-32-60(33-45-72)57-26-38-69(39-27-57)48-54-20-14-9-15-21-54)63(6-3)65(61)50-71-42-30-59(31-43-71)56-24-36-68(37-25-56)47-53-18-12-8-13-19-53/h7-45H,4-6,46-51H2,1-3H3/q+6. The Balaban J connectivity index is 0.946. The first-order valence-corrected chi connectivity index (χ1v) is 25.7. The lowest BCUT2D eigenvalue weighted by Gasteiger charge is -2.23. The molecular formula is C66H66N6+6. The van der Waals surface area contributed by atoms with Gasteiger partial charge in [0.15, 0.2) is 114 Å². The van der Waals surface area contributed by atoms with Gasteiger partial charge in [0.1, 0.15) is 0 Å². The topological polar surface area (TPSA) is 23.3 Å². The van der Waals surface area contributed by atoms with Crippen LogP contribution in [0.15, 0.2) is 238 Å². The summed E-state index contributed by atoms with van der Waals surface area (Å²) >= 11 is 0. The molecule has 0 aliphatic carbocycles. The summed E-state index contributed by atoms with van der Waals surface area (Å²) in [6, 6.07) is 58.9. The van der Waals surface area contributed by atoms with E-state index in [9.17, 15) is 0 Å². The molecule has 10 rings (SSSR count). The second kappa shape index (κ2) is 22.7. The number of hydrogen-bond acceptors (Lipinski definition) is 0. The first kappa shape index (κ1) is 47.5. The van der Waals surface area contributed by atoms with E-state index in [2.05, 4.69) is 286 Å². The molecular weight excluding hydrogens is 877 g/mol. The van der Waals surface area contributed by atoms with Crippen LogP contribution in [0.4, 0.5) is 0 Å². The lowest BCUT2D eigenvalue weighted by Crippen LogP contribution is -2.39. The van der Waals surface area contributed by atoms with Crippen molar-refractivity contribution >= 4 is 0 Å². The maximum Gasteiger partial charge on any atom is 0.174 e. The molecule has 0 spiro atoms. The zero-order valence-corrected chi connectivity index (χ0v) is 42.1. The molecule has 0 N–H and O–H groups in total. The van der Waals surface area contributed by atoms with E-state index >= 15 is 0 Å². The van der Waals surface area contributed by atoms with Crippen LogP contribution in [-0.4, -0.2) is 0 Å². The first-order chi connectivity index (χ1) is 35.5. The summed E-state index contributed by atoms with van der Waals surface area (Å²) < 4.78 is 13.9. The molecule has 0 bridgehead atoms. The van der Waals surface area contributed by atoms with Crippen LogP contribution >= 0.6 is 0 Å². The number of hydrogen-bond donors (Lipinski definition) is 0. The molecule has 6 heteroatoms. The third kappa shape index (κ3) is 11.4. The molecule has 72 heavy (non-hydrogen) atoms. The van der Waals surface area contributed by atoms with Gasteiger partial charge in [0.25, 0.3) is 0 Å². The number of aromatic nitrogens is 6. The highest BCUT2D eigenvalue weighted by molar-refractivity contribution is 5.63. The van der Waals surface area contributed by atoms with Gasteiger partial charge < -0.3 is 0 Å². The Hall–Kier alpha value is -8.22. The monoisotopic (exact) mass is 943 g/mol. The average molecular weight is 943 g/mol. The van der Waals surface area contributed by atoms with E-state index in [0.29, 0.717) is 0 Å². The summed E-state index contributed by atoms with van der Waals surface area (Å²) in [4.78, 5) is 0. The van der Waals surface area contributed by atoms with Crippen molar-refractivity contribution in [2.24, 2.45) is 0 Å². The Morgan fingerprint density at radius 3 is 0.569 bits per heavy atom. The first-order valence-electron chi connectivity index (χ1n) is 25.7. The van der Waals surface area contributed by atoms with Crippen molar-refractivity contribution in [3.8, 4) is 33.4 Å². The minimum atomic E-state index is 0.812. The van der Waals surface area contributed by atoms with E-state index in [1.165, 1.54) is 83.5 Å². The van der Waals surface area contributed by atoms with Crippen LogP contribution in [0.3, 0.4) is 0 Å². The maximum absolute atomic E-state index is 2.38. The molecule has 0 saturated carbocycles. The summed E-state index contributed by atoms with van der Waals surface area (Å²) in [6.07, 6.45) is 29.6. The number of pyridine rings is 6. The van der Waals surface area contributed by atoms with Crippen LogP contribution in [0.25, 0.3) is 33.4 Å². The van der Waals surface area contributed by atoms with Gasteiger partial charge in [-0.15, -0.1) is 0 Å². The van der Waals surface area contributed by atoms with Crippen molar-refractivity contribution < 1.29 is 27.4 Å². The molecule has 4 aromatic carbocycles. The molecule has 6 heterocycles. The summed E-state index contributed by atoms with van der Waals surface area (Å²) in [6.45, 7) is 12.1. The molecule has 6 nitrogen and oxygen atoms in total. The molecule has 0 aliphatic rings. The highest BCUT2D eigenvalue weighted by atomic mass is 15.0. The van der Waals surface area contributed by atoms with E-state index in [4.69, 9.17) is 0 Å². The summed E-state index contributed by atoms with van der Waals surface area (Å²) in [7, 11) is 0. The smallest absolute Gasteiger partial charge is 0.174 e. The van der Waals surface area contributed by atoms with Gasteiger partial charge in [0, 0.05) is 106 Å². The third-order valence-electron chi connectivity index (χ3n) is 14.2. The highest BCUT2D eigenvalue weighted by Crippen LogP contribution is 2.31. The fraction of sp³-hybridized carbons (Fsp3) is 0.182. The van der Waals surface area contributed by atoms with Crippen molar-refractivity contribution in [2.75, 3.05) is 0 Å². The Kier molecular flexibility index (Phi) is 15.0. The molecule has 0 aliphatic heterocycles. The van der Waals surface area contributed by atoms with Crippen LogP contribution in [0.2, 0.25) is 0 Å². The predicted molar refractivity (Wildman–Crippen MR) is 285 cm³/mol. The van der Waals surface area contributed by atoms with Gasteiger partial charge in [0.05, 0.1) is 0 Å². The van der Waals surface area contributed by atoms with Crippen molar-refractivity contribution in [1.29, 1.82) is 0 Å². The molecule has 0 radical (unpaired) electrons. The zero-order chi connectivity index (χ0) is 49.1. The van der Waals surface area contributed by atoms with Crippen LogP contribution in [0, 0.1) is 0 Å². The van der Waals surface area contributed by atoms with Crippen molar-refractivity contribution in [3.63, 3.8) is 0 Å². The molecule has 0 atom stereocenters. The van der Waals surface area contributed by atoms with Crippen molar-refractivity contribution in [3.05, 3.63) is 288 Å². The summed E-state index contributed by atoms with van der Waals surface area (Å²) in [5, 5.41) is 0. The maximum atomic E-state index is 2.38. The third-order valence-corrected chi connectivity index (χ3v) is 14.2. The molecule has 354 valence electrons. The van der Waals surface area contributed by atoms with Gasteiger partial charge in [-0.3, -0.25) is 0 Å². The fourth-order valence-electron chi connectivity index (χ4n) is 10.4. The molecule has 6 aromatic heterocycles. The highest BCUT2D eigenvalue weighted by Gasteiger charge is 2.27. The largest absolute Gasteiger partial charge is 0.201 e. The van der Waals surface area contributed by atoms with Crippen LogP contribution in [0.5, 0.6) is 0 Å². The normalized spacial score (nSPS) is 11.2. The molecule has 10 aromatic rings. The van der Waals surface area contributed by atoms with E-state index in [1.807, 2.05) is 0 Å². The van der Waals surface area contributed by atoms with Gasteiger partial charge in [-0.05, 0) is 69.3 Å². The predicted octanol–water partition coefficient (Wildman–Crippen LogP) is 10.4. The van der Waals surface area contributed by atoms with Gasteiger partial charge in [-0.2, -0.15) is 0 Å². The lowest BCUT2D eigenvalue weighted by molar-refractivity contribution is -0.690. The minimum absolute atomic E-state index is 0.812. The van der Waals surface area contributed by atoms with Gasteiger partial charge in [-0.25, -0.2) is 27.4 Å². The van der Waals surface area contributed by atoms with E-state index < -0.39 is 0 Å². The van der Waals surface area contributed by atoms with Gasteiger partial charge in [0.2, 0.25) is 0 Å². The van der Waals surface area contributed by atoms with Crippen LogP contribution < -0.4 is 27.4 Å². The fourth-order valence-corrected chi connectivity index (χ4v) is 10.4. The number of rotatable bonds is 18. The number of benzene rings is 4. The summed E-state index contributed by atoms with van der Waals surface area (Å²) in [5.74, 6) is 0. The van der Waals surface area contributed by atoms with E-state index in [0.717, 1.165) is 58.5 Å². The Morgan fingerprint density at radius 1 is 0.208 bits per heavy atom. The molecule has 0 unspecified atom stereocenters. The van der Waals surface area contributed by atoms with Crippen molar-refractivity contribution in [2.45, 2.75) is 79.3 Å². The average Bonchev–Trinajstić information content (AvgIpc) is 3.43. The Labute approximate surface area is 426 Å². The minimum Gasteiger partial charge on any atom is -0.201 e. The van der Waals surface area contributed by atoms with Crippen molar-refractivity contribution in [1.82, 2.24) is 0 Å². The summed E-state index contributed by atoms with van der Waals surface area (Å²) in [5.41, 5.74) is 20.0. The second-order valence-corrected chi connectivity index (χ2v) is 18.9. The van der Waals surface area contributed by atoms with Gasteiger partial charge >= 0.3 is 0 Å². The molecule has 0 fully saturated rings. The van der Waals surface area contributed by atoms with E-state index in [1.54, 1.807) is 0 Å².